The Labute approximate surface area is 102 Å². The average Bonchev–Trinajstić information content (AvgIpc) is 2.19. The first kappa shape index (κ1) is 11.8. The maximum absolute atomic E-state index is 5.56. The molecule has 2 nitrogen and oxygen atoms in total. The number of benzene rings is 1. The second-order valence-corrected chi connectivity index (χ2v) is 5.42. The Morgan fingerprint density at radius 1 is 1.25 bits per heavy atom. The van der Waals surface area contributed by atoms with E-state index in [1.165, 1.54) is 22.3 Å². The topological polar surface area (TPSA) is 18.5 Å². The van der Waals surface area contributed by atoms with Crippen molar-refractivity contribution in [1.82, 2.24) is 0 Å². The molecule has 1 saturated heterocycles. The maximum Gasteiger partial charge on any atom is 0.127 e. The Bertz CT molecular complexity index is 422. The molecule has 1 aliphatic heterocycles. The molecule has 0 atom stereocenters. The van der Waals surface area contributed by atoms with Crippen LogP contribution in [-0.4, -0.2) is 20.3 Å². The maximum atomic E-state index is 5.56. The van der Waals surface area contributed by atoms with Crippen molar-refractivity contribution in [2.45, 2.75) is 25.5 Å². The molecule has 0 saturated carbocycles. The zero-order chi connectivity index (χ0) is 11.9. The zero-order valence-corrected chi connectivity index (χ0v) is 11.1. The number of hydrogen-bond donors (Lipinski definition) is 1. The third-order valence-electron chi connectivity index (χ3n) is 3.34. The third-order valence-corrected chi connectivity index (χ3v) is 3.82. The summed E-state index contributed by atoms with van der Waals surface area (Å²) in [4.78, 5) is 0. The summed E-state index contributed by atoms with van der Waals surface area (Å²) in [5, 5.41) is 0. The van der Waals surface area contributed by atoms with Crippen molar-refractivity contribution in [2.75, 3.05) is 20.3 Å². The van der Waals surface area contributed by atoms with Gasteiger partial charge in [0.15, 0.2) is 0 Å². The number of thiol groups is 1. The van der Waals surface area contributed by atoms with Crippen LogP contribution in [0.1, 0.15) is 22.3 Å². The quantitative estimate of drug-likeness (QED) is 0.799. The first-order valence-electron chi connectivity index (χ1n) is 5.45. The molecular formula is C13H18O2S. The van der Waals surface area contributed by atoms with E-state index in [0.29, 0.717) is 13.2 Å². The first-order chi connectivity index (χ1) is 7.49. The van der Waals surface area contributed by atoms with Crippen molar-refractivity contribution in [1.29, 1.82) is 0 Å². The lowest BCUT2D eigenvalue weighted by atomic mass is 9.88. The van der Waals surface area contributed by atoms with E-state index in [0.717, 1.165) is 5.75 Å². The Balaban J connectivity index is 2.63. The van der Waals surface area contributed by atoms with Gasteiger partial charge in [0.25, 0.3) is 0 Å². The lowest BCUT2D eigenvalue weighted by Gasteiger charge is -2.39. The van der Waals surface area contributed by atoms with E-state index in [1.54, 1.807) is 7.11 Å². The monoisotopic (exact) mass is 238 g/mol. The highest BCUT2D eigenvalue weighted by molar-refractivity contribution is 7.81. The van der Waals surface area contributed by atoms with Crippen LogP contribution in [-0.2, 0) is 9.48 Å². The van der Waals surface area contributed by atoms with Crippen molar-refractivity contribution in [3.05, 3.63) is 28.3 Å². The van der Waals surface area contributed by atoms with Gasteiger partial charge in [-0.1, -0.05) is 6.07 Å². The fourth-order valence-corrected chi connectivity index (χ4v) is 2.78. The molecule has 1 heterocycles. The van der Waals surface area contributed by atoms with Crippen LogP contribution in [0.5, 0.6) is 5.75 Å². The van der Waals surface area contributed by atoms with Crippen molar-refractivity contribution in [2.24, 2.45) is 0 Å². The molecule has 3 heteroatoms. The van der Waals surface area contributed by atoms with Gasteiger partial charge in [-0.05, 0) is 37.5 Å². The van der Waals surface area contributed by atoms with Gasteiger partial charge in [-0.3, -0.25) is 0 Å². The summed E-state index contributed by atoms with van der Waals surface area (Å²) in [5.41, 5.74) is 4.88. The smallest absolute Gasteiger partial charge is 0.127 e. The van der Waals surface area contributed by atoms with Gasteiger partial charge >= 0.3 is 0 Å². The van der Waals surface area contributed by atoms with Gasteiger partial charge in [-0.15, -0.1) is 0 Å². The minimum atomic E-state index is -0.173. The van der Waals surface area contributed by atoms with Gasteiger partial charge < -0.3 is 9.47 Å². The molecule has 1 aromatic carbocycles. The fraction of sp³-hybridized carbons (Fsp3) is 0.538. The number of methoxy groups -OCH3 is 1. The van der Waals surface area contributed by atoms with E-state index in [1.807, 2.05) is 0 Å². The molecule has 1 aliphatic rings. The van der Waals surface area contributed by atoms with Crippen molar-refractivity contribution in [3.8, 4) is 5.75 Å². The van der Waals surface area contributed by atoms with Gasteiger partial charge in [-0.2, -0.15) is 12.6 Å². The standard InChI is InChI=1S/C13H18O2S/c1-8-5-9(2)11(12(14-4)10(8)3)13(16)6-15-7-13/h5,16H,6-7H2,1-4H3. The Morgan fingerprint density at radius 3 is 2.31 bits per heavy atom. The normalized spacial score (nSPS) is 18.1. The molecule has 88 valence electrons. The predicted molar refractivity (Wildman–Crippen MR) is 68.7 cm³/mol. The van der Waals surface area contributed by atoms with E-state index in [9.17, 15) is 0 Å². The van der Waals surface area contributed by atoms with E-state index in [-0.39, 0.29) is 4.75 Å². The molecule has 16 heavy (non-hydrogen) atoms. The van der Waals surface area contributed by atoms with Crippen molar-refractivity contribution < 1.29 is 9.47 Å². The summed E-state index contributed by atoms with van der Waals surface area (Å²) in [6, 6.07) is 2.20. The molecule has 0 spiro atoms. The number of hydrogen-bond acceptors (Lipinski definition) is 3. The summed E-state index contributed by atoms with van der Waals surface area (Å²) in [6.07, 6.45) is 0. The highest BCUT2D eigenvalue weighted by atomic mass is 32.1. The molecule has 0 aliphatic carbocycles. The van der Waals surface area contributed by atoms with Gasteiger partial charge in [0.2, 0.25) is 0 Å². The second kappa shape index (κ2) is 3.97. The minimum absolute atomic E-state index is 0.173. The lowest BCUT2D eigenvalue weighted by Crippen LogP contribution is -2.42. The fourth-order valence-electron chi connectivity index (χ4n) is 2.32. The van der Waals surface area contributed by atoms with E-state index >= 15 is 0 Å². The first-order valence-corrected chi connectivity index (χ1v) is 5.90. The van der Waals surface area contributed by atoms with Crippen LogP contribution in [0.25, 0.3) is 0 Å². The van der Waals surface area contributed by atoms with Gasteiger partial charge in [-0.25, -0.2) is 0 Å². The lowest BCUT2D eigenvalue weighted by molar-refractivity contribution is -0.0109. The molecular weight excluding hydrogens is 220 g/mol. The molecule has 1 aromatic rings. The van der Waals surface area contributed by atoms with Crippen molar-refractivity contribution >= 4 is 12.6 Å². The van der Waals surface area contributed by atoms with E-state index in [2.05, 4.69) is 26.8 Å². The van der Waals surface area contributed by atoms with Gasteiger partial charge in [0.05, 0.1) is 25.1 Å². The van der Waals surface area contributed by atoms with Gasteiger partial charge in [0, 0.05) is 5.56 Å². The molecule has 0 unspecified atom stereocenters. The number of aryl methyl sites for hydroxylation is 2. The largest absolute Gasteiger partial charge is 0.496 e. The molecule has 0 aromatic heterocycles. The summed E-state index contributed by atoms with van der Waals surface area (Å²) >= 11 is 4.73. The van der Waals surface area contributed by atoms with Crippen LogP contribution in [0.3, 0.4) is 0 Å². The second-order valence-electron chi connectivity index (χ2n) is 4.57. The molecule has 2 rings (SSSR count). The van der Waals surface area contributed by atoms with E-state index < -0.39 is 0 Å². The van der Waals surface area contributed by atoms with Crippen LogP contribution in [0.2, 0.25) is 0 Å². The predicted octanol–water partition coefficient (Wildman–Crippen LogP) is 2.78. The number of rotatable bonds is 2. The molecule has 0 bridgehead atoms. The highest BCUT2D eigenvalue weighted by Crippen LogP contribution is 2.44. The minimum Gasteiger partial charge on any atom is -0.496 e. The summed E-state index contributed by atoms with van der Waals surface area (Å²) in [7, 11) is 1.72. The zero-order valence-electron chi connectivity index (χ0n) is 10.3. The SMILES string of the molecule is COc1c(C)c(C)cc(C)c1C1(S)COC1. The average molecular weight is 238 g/mol. The van der Waals surface area contributed by atoms with Crippen LogP contribution in [0.15, 0.2) is 6.07 Å². The number of ether oxygens (including phenoxy) is 2. The molecule has 0 amide bonds. The van der Waals surface area contributed by atoms with Crippen molar-refractivity contribution in [3.63, 3.8) is 0 Å². The third kappa shape index (κ3) is 1.62. The summed E-state index contributed by atoms with van der Waals surface area (Å²) in [5.74, 6) is 0.968. The summed E-state index contributed by atoms with van der Waals surface area (Å²) in [6.45, 7) is 7.64. The molecule has 0 radical (unpaired) electrons. The molecule has 0 N–H and O–H groups in total. The van der Waals surface area contributed by atoms with Crippen LogP contribution >= 0.6 is 12.6 Å². The van der Waals surface area contributed by atoms with Crippen LogP contribution in [0, 0.1) is 20.8 Å². The summed E-state index contributed by atoms with van der Waals surface area (Å²) < 4.78 is 10.7. The van der Waals surface area contributed by atoms with E-state index in [4.69, 9.17) is 22.1 Å². The Kier molecular flexibility index (Phi) is 2.93. The van der Waals surface area contributed by atoms with Gasteiger partial charge in [0.1, 0.15) is 5.75 Å². The molecule has 1 fully saturated rings. The van der Waals surface area contributed by atoms with Crippen LogP contribution < -0.4 is 4.74 Å². The highest BCUT2D eigenvalue weighted by Gasteiger charge is 2.40. The van der Waals surface area contributed by atoms with Crippen LogP contribution in [0.4, 0.5) is 0 Å². The Morgan fingerprint density at radius 2 is 1.88 bits per heavy atom. The Hall–Kier alpha value is -0.670.